The van der Waals surface area contributed by atoms with E-state index in [9.17, 15) is 22.8 Å². The maximum absolute atomic E-state index is 11.4. The first-order valence-corrected chi connectivity index (χ1v) is 7.12. The minimum absolute atomic E-state index is 0.197. The standard InChI is InChI=1S/C10H16N2O6S/c1-2-5-19(17,18)6-9(14)12-7(10(15)16)3-4-8(11)13/h2,7H,1,3-6H2,(H2,11,13)(H,12,14)(H,15,16). The Labute approximate surface area is 110 Å². The number of amides is 2. The van der Waals surface area contributed by atoms with Crippen molar-refractivity contribution in [3.63, 3.8) is 0 Å². The van der Waals surface area contributed by atoms with Crippen LogP contribution in [0.3, 0.4) is 0 Å². The van der Waals surface area contributed by atoms with Crippen LogP contribution in [0.1, 0.15) is 12.8 Å². The number of carbonyl (C=O) groups is 3. The number of primary amides is 1. The first-order chi connectivity index (χ1) is 8.68. The largest absolute Gasteiger partial charge is 0.480 e. The number of carboxylic acid groups (broad SMARTS) is 1. The van der Waals surface area contributed by atoms with E-state index in [1.54, 1.807) is 0 Å². The normalized spacial score (nSPS) is 12.4. The van der Waals surface area contributed by atoms with E-state index in [0.717, 1.165) is 6.08 Å². The number of sulfone groups is 1. The Morgan fingerprint density at radius 1 is 1.37 bits per heavy atom. The third-order valence-corrected chi connectivity index (χ3v) is 3.48. The van der Waals surface area contributed by atoms with Gasteiger partial charge < -0.3 is 16.2 Å². The van der Waals surface area contributed by atoms with Gasteiger partial charge in [0.2, 0.25) is 11.8 Å². The molecule has 0 aliphatic heterocycles. The summed E-state index contributed by atoms with van der Waals surface area (Å²) >= 11 is 0. The summed E-state index contributed by atoms with van der Waals surface area (Å²) in [5.74, 6) is -4.23. The van der Waals surface area contributed by atoms with Crippen molar-refractivity contribution in [2.75, 3.05) is 11.5 Å². The fraction of sp³-hybridized carbons (Fsp3) is 0.500. The predicted molar refractivity (Wildman–Crippen MR) is 66.8 cm³/mol. The smallest absolute Gasteiger partial charge is 0.326 e. The lowest BCUT2D eigenvalue weighted by Gasteiger charge is -2.13. The molecular weight excluding hydrogens is 276 g/mol. The molecule has 108 valence electrons. The highest BCUT2D eigenvalue weighted by molar-refractivity contribution is 7.92. The minimum Gasteiger partial charge on any atom is -0.480 e. The molecule has 0 spiro atoms. The fourth-order valence-corrected chi connectivity index (χ4v) is 2.18. The van der Waals surface area contributed by atoms with Crippen LogP contribution in [-0.4, -0.2) is 48.9 Å². The van der Waals surface area contributed by atoms with Crippen molar-refractivity contribution in [1.82, 2.24) is 5.32 Å². The first kappa shape index (κ1) is 17.1. The van der Waals surface area contributed by atoms with Crippen molar-refractivity contribution in [2.45, 2.75) is 18.9 Å². The summed E-state index contributed by atoms with van der Waals surface area (Å²) in [6.07, 6.45) is 0.707. The molecule has 0 aromatic heterocycles. The number of nitrogens with one attached hydrogen (secondary N) is 1. The zero-order valence-electron chi connectivity index (χ0n) is 10.2. The van der Waals surface area contributed by atoms with Crippen LogP contribution < -0.4 is 11.1 Å². The van der Waals surface area contributed by atoms with Gasteiger partial charge in [0, 0.05) is 6.42 Å². The Kier molecular flexibility index (Phi) is 6.76. The number of hydrogen-bond acceptors (Lipinski definition) is 5. The molecule has 9 heteroatoms. The Morgan fingerprint density at radius 3 is 2.37 bits per heavy atom. The van der Waals surface area contributed by atoms with E-state index in [4.69, 9.17) is 10.8 Å². The third kappa shape index (κ3) is 7.92. The van der Waals surface area contributed by atoms with Crippen molar-refractivity contribution in [1.29, 1.82) is 0 Å². The molecule has 1 atom stereocenters. The Morgan fingerprint density at radius 2 is 1.95 bits per heavy atom. The molecule has 4 N–H and O–H groups in total. The van der Waals surface area contributed by atoms with Gasteiger partial charge in [-0.1, -0.05) is 6.08 Å². The van der Waals surface area contributed by atoms with Crippen LogP contribution in [0.4, 0.5) is 0 Å². The number of hydrogen-bond donors (Lipinski definition) is 3. The van der Waals surface area contributed by atoms with Crippen LogP contribution in [0.5, 0.6) is 0 Å². The summed E-state index contributed by atoms with van der Waals surface area (Å²) in [7, 11) is -3.65. The zero-order chi connectivity index (χ0) is 15.1. The average molecular weight is 292 g/mol. The molecule has 0 aromatic rings. The number of rotatable bonds is 9. The molecule has 19 heavy (non-hydrogen) atoms. The highest BCUT2D eigenvalue weighted by atomic mass is 32.2. The van der Waals surface area contributed by atoms with Gasteiger partial charge in [-0.25, -0.2) is 13.2 Å². The molecule has 2 amide bonds. The van der Waals surface area contributed by atoms with Crippen LogP contribution in [0.15, 0.2) is 12.7 Å². The summed E-state index contributed by atoms with van der Waals surface area (Å²) in [6, 6.07) is -1.35. The van der Waals surface area contributed by atoms with Gasteiger partial charge in [0.15, 0.2) is 9.84 Å². The second-order valence-electron chi connectivity index (χ2n) is 3.81. The lowest BCUT2D eigenvalue weighted by atomic mass is 10.1. The molecule has 8 nitrogen and oxygen atoms in total. The van der Waals surface area contributed by atoms with E-state index >= 15 is 0 Å². The first-order valence-electron chi connectivity index (χ1n) is 5.29. The molecule has 0 fully saturated rings. The van der Waals surface area contributed by atoms with Crippen molar-refractivity contribution in [2.24, 2.45) is 5.73 Å². The Bertz CT molecular complexity index is 470. The summed E-state index contributed by atoms with van der Waals surface area (Å²) in [6.45, 7) is 3.23. The Balaban J connectivity index is 4.52. The SMILES string of the molecule is C=CCS(=O)(=O)CC(=O)NC(CCC(N)=O)C(=O)O. The monoisotopic (exact) mass is 292 g/mol. The molecule has 0 aromatic carbocycles. The molecule has 0 rings (SSSR count). The summed E-state index contributed by atoms with van der Waals surface area (Å²) in [5, 5.41) is 10.8. The average Bonchev–Trinajstić information content (AvgIpc) is 2.22. The van der Waals surface area contributed by atoms with Crippen molar-refractivity contribution < 1.29 is 27.9 Å². The van der Waals surface area contributed by atoms with Crippen LogP contribution in [0, 0.1) is 0 Å². The van der Waals surface area contributed by atoms with E-state index in [0.29, 0.717) is 0 Å². The quantitative estimate of drug-likeness (QED) is 0.438. The molecule has 0 saturated carbocycles. The van der Waals surface area contributed by atoms with Crippen LogP contribution in [0.2, 0.25) is 0 Å². The Hall–Kier alpha value is -1.90. The molecule has 0 saturated heterocycles. The second kappa shape index (κ2) is 7.52. The zero-order valence-corrected chi connectivity index (χ0v) is 11.0. The number of carbonyl (C=O) groups excluding carboxylic acids is 2. The van der Waals surface area contributed by atoms with E-state index < -0.39 is 39.4 Å². The van der Waals surface area contributed by atoms with Crippen LogP contribution >= 0.6 is 0 Å². The molecule has 0 aliphatic rings. The van der Waals surface area contributed by atoms with E-state index in [1.807, 2.05) is 5.32 Å². The van der Waals surface area contributed by atoms with Gasteiger partial charge in [-0.15, -0.1) is 6.58 Å². The molecule has 0 bridgehead atoms. The number of carboxylic acids is 1. The predicted octanol–water partition coefficient (Wildman–Crippen LogP) is -1.58. The van der Waals surface area contributed by atoms with Crippen molar-refractivity contribution in [3.05, 3.63) is 12.7 Å². The summed E-state index contributed by atoms with van der Waals surface area (Å²) in [4.78, 5) is 32.7. The fourth-order valence-electron chi connectivity index (χ4n) is 1.22. The van der Waals surface area contributed by atoms with Crippen molar-refractivity contribution in [3.8, 4) is 0 Å². The molecular formula is C10H16N2O6S. The van der Waals surface area contributed by atoms with E-state index in [1.165, 1.54) is 0 Å². The topological polar surface area (TPSA) is 144 Å². The maximum Gasteiger partial charge on any atom is 0.326 e. The highest BCUT2D eigenvalue weighted by Gasteiger charge is 2.23. The summed E-state index contributed by atoms with van der Waals surface area (Å²) < 4.78 is 22.6. The molecule has 0 aliphatic carbocycles. The highest BCUT2D eigenvalue weighted by Crippen LogP contribution is 1.99. The minimum atomic E-state index is -3.65. The van der Waals surface area contributed by atoms with Crippen molar-refractivity contribution >= 4 is 27.6 Å². The lowest BCUT2D eigenvalue weighted by Crippen LogP contribution is -2.44. The summed E-state index contributed by atoms with van der Waals surface area (Å²) in [5.41, 5.74) is 4.86. The molecule has 0 radical (unpaired) electrons. The maximum atomic E-state index is 11.4. The molecule has 1 unspecified atom stereocenters. The van der Waals surface area contributed by atoms with Gasteiger partial charge in [-0.3, -0.25) is 9.59 Å². The van der Waals surface area contributed by atoms with Crippen LogP contribution in [-0.2, 0) is 24.2 Å². The van der Waals surface area contributed by atoms with Gasteiger partial charge in [0.1, 0.15) is 11.8 Å². The van der Waals surface area contributed by atoms with Crippen LogP contribution in [0.25, 0.3) is 0 Å². The number of nitrogens with two attached hydrogens (primary N) is 1. The van der Waals surface area contributed by atoms with Gasteiger partial charge in [-0.05, 0) is 6.42 Å². The van der Waals surface area contributed by atoms with E-state index in [2.05, 4.69) is 6.58 Å². The lowest BCUT2D eigenvalue weighted by molar-refractivity contribution is -0.141. The van der Waals surface area contributed by atoms with Gasteiger partial charge in [-0.2, -0.15) is 0 Å². The van der Waals surface area contributed by atoms with E-state index in [-0.39, 0.29) is 18.6 Å². The number of aliphatic carboxylic acids is 1. The van der Waals surface area contributed by atoms with Gasteiger partial charge >= 0.3 is 5.97 Å². The molecule has 0 heterocycles. The second-order valence-corrected chi connectivity index (χ2v) is 5.92. The third-order valence-electron chi connectivity index (χ3n) is 2.04. The van der Waals surface area contributed by atoms with Gasteiger partial charge in [0.05, 0.1) is 5.75 Å². The van der Waals surface area contributed by atoms with Gasteiger partial charge in [0.25, 0.3) is 0 Å².